The first-order valence-corrected chi connectivity index (χ1v) is 11.2. The van der Waals surface area contributed by atoms with Gasteiger partial charge >= 0.3 is 0 Å². The molecule has 168 valence electrons. The zero-order valence-corrected chi connectivity index (χ0v) is 18.4. The SMILES string of the molecule is COc1ccc(-n2ccnc2CN2C[C@H](O)[C@@H](N3CCN(c4ccccn4)CC3)C2)cc1. The van der Waals surface area contributed by atoms with Crippen molar-refractivity contribution in [2.45, 2.75) is 18.7 Å². The lowest BCUT2D eigenvalue weighted by Crippen LogP contribution is -2.53. The highest BCUT2D eigenvalue weighted by atomic mass is 16.5. The largest absolute Gasteiger partial charge is 0.497 e. The van der Waals surface area contributed by atoms with Crippen LogP contribution in [0, 0.1) is 0 Å². The molecule has 2 saturated heterocycles. The summed E-state index contributed by atoms with van der Waals surface area (Å²) in [6.07, 6.45) is 5.31. The van der Waals surface area contributed by atoms with Crippen LogP contribution in [-0.2, 0) is 6.54 Å². The van der Waals surface area contributed by atoms with Gasteiger partial charge in [0.25, 0.3) is 0 Å². The summed E-state index contributed by atoms with van der Waals surface area (Å²) in [6, 6.07) is 14.2. The van der Waals surface area contributed by atoms with E-state index in [2.05, 4.69) is 35.3 Å². The van der Waals surface area contributed by atoms with Crippen molar-refractivity contribution in [3.63, 3.8) is 0 Å². The second-order valence-corrected chi connectivity index (χ2v) is 8.45. The first-order chi connectivity index (χ1) is 15.7. The van der Waals surface area contributed by atoms with Crippen LogP contribution in [0.5, 0.6) is 5.75 Å². The first-order valence-electron chi connectivity index (χ1n) is 11.2. The Kier molecular flexibility index (Phi) is 6.07. The molecule has 1 N–H and O–H groups in total. The van der Waals surface area contributed by atoms with Crippen LogP contribution in [-0.4, -0.2) is 88.0 Å². The number of β-amino-alcohol motifs (C(OH)–C–C–N with tert-alkyl or cyclic N) is 1. The summed E-state index contributed by atoms with van der Waals surface area (Å²) in [7, 11) is 1.67. The lowest BCUT2D eigenvalue weighted by Gasteiger charge is -2.39. The molecule has 2 aromatic heterocycles. The number of methoxy groups -OCH3 is 1. The summed E-state index contributed by atoms with van der Waals surface area (Å²) in [4.78, 5) is 16.1. The van der Waals surface area contributed by atoms with Crippen LogP contribution in [0.3, 0.4) is 0 Å². The second kappa shape index (κ2) is 9.28. The first kappa shape index (κ1) is 20.9. The summed E-state index contributed by atoms with van der Waals surface area (Å²) < 4.78 is 7.37. The molecule has 2 aliphatic heterocycles. The lowest BCUT2D eigenvalue weighted by molar-refractivity contribution is 0.0790. The molecule has 0 aliphatic carbocycles. The summed E-state index contributed by atoms with van der Waals surface area (Å²) >= 11 is 0. The van der Waals surface area contributed by atoms with E-state index in [1.807, 2.05) is 55.0 Å². The number of anilines is 1. The van der Waals surface area contributed by atoms with E-state index < -0.39 is 0 Å². The molecule has 1 aromatic carbocycles. The van der Waals surface area contributed by atoms with Crippen molar-refractivity contribution in [1.82, 2.24) is 24.3 Å². The molecular weight excluding hydrogens is 404 g/mol. The Balaban J connectivity index is 1.20. The number of benzene rings is 1. The van der Waals surface area contributed by atoms with Gasteiger partial charge < -0.3 is 19.3 Å². The van der Waals surface area contributed by atoms with E-state index in [9.17, 15) is 5.11 Å². The minimum Gasteiger partial charge on any atom is -0.497 e. The number of hydrogen-bond donors (Lipinski definition) is 1. The predicted octanol–water partition coefficient (Wildman–Crippen LogP) is 1.64. The van der Waals surface area contributed by atoms with E-state index in [0.29, 0.717) is 13.1 Å². The lowest BCUT2D eigenvalue weighted by atomic mass is 10.1. The third-order valence-corrected chi connectivity index (χ3v) is 6.52. The summed E-state index contributed by atoms with van der Waals surface area (Å²) in [5.41, 5.74) is 1.06. The van der Waals surface area contributed by atoms with Gasteiger partial charge in [-0.25, -0.2) is 9.97 Å². The number of aliphatic hydroxyl groups excluding tert-OH is 1. The molecule has 0 radical (unpaired) electrons. The van der Waals surface area contributed by atoms with E-state index in [-0.39, 0.29) is 12.1 Å². The van der Waals surface area contributed by atoms with Gasteiger partial charge in [-0.1, -0.05) is 6.07 Å². The van der Waals surface area contributed by atoms with Crippen molar-refractivity contribution in [2.75, 3.05) is 51.3 Å². The summed E-state index contributed by atoms with van der Waals surface area (Å²) in [5, 5.41) is 10.8. The van der Waals surface area contributed by atoms with Crippen LogP contribution < -0.4 is 9.64 Å². The van der Waals surface area contributed by atoms with Crippen molar-refractivity contribution >= 4 is 5.82 Å². The highest BCUT2D eigenvalue weighted by Crippen LogP contribution is 2.23. The molecular formula is C24H30N6O2. The quantitative estimate of drug-likeness (QED) is 0.633. The molecule has 0 bridgehead atoms. The third kappa shape index (κ3) is 4.34. The molecule has 0 amide bonds. The van der Waals surface area contributed by atoms with Gasteiger partial charge in [0.1, 0.15) is 17.4 Å². The Hall–Kier alpha value is -2.94. The van der Waals surface area contributed by atoms with Gasteiger partial charge in [0.05, 0.1) is 19.8 Å². The maximum Gasteiger partial charge on any atom is 0.128 e. The Morgan fingerprint density at radius 1 is 0.969 bits per heavy atom. The van der Waals surface area contributed by atoms with Gasteiger partial charge in [-0.2, -0.15) is 0 Å². The molecule has 0 saturated carbocycles. The predicted molar refractivity (Wildman–Crippen MR) is 123 cm³/mol. The summed E-state index contributed by atoms with van der Waals surface area (Å²) in [5.74, 6) is 2.85. The number of rotatable bonds is 6. The van der Waals surface area contributed by atoms with Crippen molar-refractivity contribution in [3.05, 3.63) is 66.9 Å². The number of aromatic nitrogens is 3. The smallest absolute Gasteiger partial charge is 0.128 e. The molecule has 4 heterocycles. The number of imidazole rings is 1. The fourth-order valence-corrected chi connectivity index (χ4v) is 4.79. The third-order valence-electron chi connectivity index (χ3n) is 6.52. The summed E-state index contributed by atoms with van der Waals surface area (Å²) in [6.45, 7) is 5.96. The maximum absolute atomic E-state index is 10.8. The van der Waals surface area contributed by atoms with Crippen LogP contribution in [0.2, 0.25) is 0 Å². The van der Waals surface area contributed by atoms with Gasteiger partial charge in [-0.05, 0) is 36.4 Å². The molecule has 2 fully saturated rings. The van der Waals surface area contributed by atoms with Crippen molar-refractivity contribution < 1.29 is 9.84 Å². The van der Waals surface area contributed by atoms with Crippen LogP contribution in [0.4, 0.5) is 5.82 Å². The molecule has 8 heteroatoms. The zero-order valence-electron chi connectivity index (χ0n) is 18.4. The normalized spacial score (nSPS) is 22.4. The number of likely N-dealkylation sites (tertiary alicyclic amines) is 1. The van der Waals surface area contributed by atoms with E-state index in [1.54, 1.807) is 7.11 Å². The number of ether oxygens (including phenoxy) is 1. The molecule has 5 rings (SSSR count). The molecule has 32 heavy (non-hydrogen) atoms. The van der Waals surface area contributed by atoms with Gasteiger partial charge in [-0.3, -0.25) is 9.80 Å². The van der Waals surface area contributed by atoms with Gasteiger partial charge in [0.15, 0.2) is 0 Å². The Morgan fingerprint density at radius 2 is 1.78 bits per heavy atom. The minimum absolute atomic E-state index is 0.158. The standard InChI is InChI=1S/C24H30N6O2/c1-32-20-7-5-19(6-8-20)30-11-10-26-24(30)18-27-16-21(22(31)17-27)28-12-14-29(15-13-28)23-4-2-3-9-25-23/h2-11,21-22,31H,12-18H2,1H3/t21-,22-/m0/s1. The van der Waals surface area contributed by atoms with E-state index in [4.69, 9.17) is 4.74 Å². The monoisotopic (exact) mass is 434 g/mol. The molecule has 8 nitrogen and oxygen atoms in total. The zero-order chi connectivity index (χ0) is 21.9. The topological polar surface area (TPSA) is 69.9 Å². The Morgan fingerprint density at radius 3 is 2.50 bits per heavy atom. The highest BCUT2D eigenvalue weighted by Gasteiger charge is 2.37. The number of aliphatic hydroxyl groups is 1. The highest BCUT2D eigenvalue weighted by molar-refractivity contribution is 5.39. The number of nitrogens with zero attached hydrogens (tertiary/aromatic N) is 6. The van der Waals surface area contributed by atoms with Crippen LogP contribution in [0.25, 0.3) is 5.69 Å². The van der Waals surface area contributed by atoms with E-state index >= 15 is 0 Å². The molecule has 2 atom stereocenters. The van der Waals surface area contributed by atoms with Crippen molar-refractivity contribution in [3.8, 4) is 11.4 Å². The van der Waals surface area contributed by atoms with Gasteiger partial charge in [-0.15, -0.1) is 0 Å². The molecule has 3 aromatic rings. The molecule has 2 aliphatic rings. The number of pyridine rings is 1. The average Bonchev–Trinajstić information content (AvgIpc) is 3.46. The van der Waals surface area contributed by atoms with Gasteiger partial charge in [0, 0.05) is 69.6 Å². The van der Waals surface area contributed by atoms with Crippen LogP contribution >= 0.6 is 0 Å². The van der Waals surface area contributed by atoms with Crippen molar-refractivity contribution in [1.29, 1.82) is 0 Å². The maximum atomic E-state index is 10.8. The minimum atomic E-state index is -0.346. The number of piperazine rings is 1. The average molecular weight is 435 g/mol. The number of hydrogen-bond acceptors (Lipinski definition) is 7. The van der Waals surface area contributed by atoms with Crippen LogP contribution in [0.1, 0.15) is 5.82 Å². The van der Waals surface area contributed by atoms with E-state index in [0.717, 1.165) is 55.8 Å². The van der Waals surface area contributed by atoms with Gasteiger partial charge in [0.2, 0.25) is 0 Å². The fraction of sp³-hybridized carbons (Fsp3) is 0.417. The van der Waals surface area contributed by atoms with E-state index in [1.165, 1.54) is 0 Å². The van der Waals surface area contributed by atoms with Crippen LogP contribution in [0.15, 0.2) is 61.1 Å². The molecule has 0 unspecified atom stereocenters. The Labute approximate surface area is 188 Å². The second-order valence-electron chi connectivity index (χ2n) is 8.45. The van der Waals surface area contributed by atoms with Crippen molar-refractivity contribution in [2.24, 2.45) is 0 Å². The fourth-order valence-electron chi connectivity index (χ4n) is 4.79. The molecule has 0 spiro atoms. The Bertz CT molecular complexity index is 1000.